The van der Waals surface area contributed by atoms with Crippen molar-refractivity contribution in [3.8, 4) is 0 Å². The summed E-state index contributed by atoms with van der Waals surface area (Å²) in [4.78, 5) is 19.0. The molecular formula is C20H23N3O2. The van der Waals surface area contributed by atoms with Crippen LogP contribution >= 0.6 is 0 Å². The normalized spacial score (nSPS) is 18.2. The highest BCUT2D eigenvalue weighted by atomic mass is 16.5. The molecule has 0 saturated carbocycles. The molecule has 2 aromatic carbocycles. The van der Waals surface area contributed by atoms with Crippen LogP contribution in [0.2, 0.25) is 0 Å². The van der Waals surface area contributed by atoms with Gasteiger partial charge in [-0.25, -0.2) is 4.99 Å². The van der Waals surface area contributed by atoms with Crippen LogP contribution in [0.25, 0.3) is 0 Å². The number of hydrogen-bond acceptors (Lipinski definition) is 3. The fourth-order valence-electron chi connectivity index (χ4n) is 2.71. The number of amides is 1. The van der Waals surface area contributed by atoms with E-state index < -0.39 is 0 Å². The zero-order valence-corrected chi connectivity index (χ0v) is 14.4. The number of benzene rings is 2. The molecule has 1 aliphatic heterocycles. The van der Waals surface area contributed by atoms with Gasteiger partial charge in [0.15, 0.2) is 0 Å². The average molecular weight is 337 g/mol. The third kappa shape index (κ3) is 4.38. The zero-order valence-electron chi connectivity index (χ0n) is 14.4. The first-order chi connectivity index (χ1) is 12.3. The Morgan fingerprint density at radius 3 is 2.52 bits per heavy atom. The second-order valence-corrected chi connectivity index (χ2v) is 5.94. The van der Waals surface area contributed by atoms with E-state index in [2.05, 4.69) is 29.4 Å². The van der Waals surface area contributed by atoms with E-state index in [0.717, 1.165) is 12.0 Å². The van der Waals surface area contributed by atoms with E-state index in [1.165, 1.54) is 0 Å². The van der Waals surface area contributed by atoms with Gasteiger partial charge in [-0.05, 0) is 24.1 Å². The van der Waals surface area contributed by atoms with Crippen LogP contribution in [0.5, 0.6) is 0 Å². The number of rotatable bonds is 6. The molecule has 1 N–H and O–H groups in total. The number of amidine groups is 1. The summed E-state index contributed by atoms with van der Waals surface area (Å²) in [6.45, 7) is 3.83. The fraction of sp³-hybridized carbons (Fsp3) is 0.300. The maximum Gasteiger partial charge on any atom is 0.289 e. The summed E-state index contributed by atoms with van der Waals surface area (Å²) in [5.41, 5.74) is 1.79. The van der Waals surface area contributed by atoms with Gasteiger partial charge >= 0.3 is 0 Å². The van der Waals surface area contributed by atoms with E-state index in [-0.39, 0.29) is 12.1 Å². The lowest BCUT2D eigenvalue weighted by atomic mass is 10.2. The van der Waals surface area contributed by atoms with Gasteiger partial charge in [0.1, 0.15) is 12.8 Å². The molecule has 1 fully saturated rings. The maximum atomic E-state index is 12.5. The van der Waals surface area contributed by atoms with Gasteiger partial charge in [-0.3, -0.25) is 9.69 Å². The molecule has 0 aliphatic carbocycles. The van der Waals surface area contributed by atoms with Gasteiger partial charge in [0.2, 0.25) is 0 Å². The second kappa shape index (κ2) is 8.33. The van der Waals surface area contributed by atoms with E-state index in [0.29, 0.717) is 31.3 Å². The third-order valence-electron chi connectivity index (χ3n) is 3.99. The molecule has 5 heteroatoms. The molecule has 0 aromatic heterocycles. The predicted octanol–water partition coefficient (Wildman–Crippen LogP) is 3.04. The molecule has 25 heavy (non-hydrogen) atoms. The van der Waals surface area contributed by atoms with E-state index in [1.54, 1.807) is 12.1 Å². The Kier molecular flexibility index (Phi) is 5.67. The second-order valence-electron chi connectivity index (χ2n) is 5.94. The SMILES string of the molecule is CCCN=C1OCC(NC(=O)c2ccccc2)N1Cc1ccccc1. The zero-order chi connectivity index (χ0) is 17.5. The molecule has 5 nitrogen and oxygen atoms in total. The van der Waals surface area contributed by atoms with E-state index >= 15 is 0 Å². The molecule has 1 unspecified atom stereocenters. The van der Waals surface area contributed by atoms with E-state index in [1.807, 2.05) is 41.3 Å². The van der Waals surface area contributed by atoms with Crippen LogP contribution in [0.4, 0.5) is 0 Å². The number of aliphatic imine (C=N–C) groups is 1. The van der Waals surface area contributed by atoms with Crippen LogP contribution in [-0.4, -0.2) is 36.1 Å². The summed E-state index contributed by atoms with van der Waals surface area (Å²) in [7, 11) is 0. The Morgan fingerprint density at radius 1 is 1.16 bits per heavy atom. The molecule has 1 saturated heterocycles. The van der Waals surface area contributed by atoms with Crippen molar-refractivity contribution in [3.63, 3.8) is 0 Å². The monoisotopic (exact) mass is 337 g/mol. The lowest BCUT2D eigenvalue weighted by molar-refractivity contribution is 0.0901. The van der Waals surface area contributed by atoms with Gasteiger partial charge < -0.3 is 10.1 Å². The van der Waals surface area contributed by atoms with Gasteiger partial charge in [-0.2, -0.15) is 0 Å². The Balaban J connectivity index is 1.75. The van der Waals surface area contributed by atoms with Gasteiger partial charge in [0, 0.05) is 18.7 Å². The van der Waals surface area contributed by atoms with Crippen LogP contribution in [0.1, 0.15) is 29.3 Å². The highest BCUT2D eigenvalue weighted by molar-refractivity contribution is 5.94. The highest BCUT2D eigenvalue weighted by Crippen LogP contribution is 2.16. The smallest absolute Gasteiger partial charge is 0.289 e. The first-order valence-electron chi connectivity index (χ1n) is 8.61. The first kappa shape index (κ1) is 17.0. The number of ether oxygens (including phenoxy) is 1. The molecule has 1 amide bonds. The van der Waals surface area contributed by atoms with Gasteiger partial charge in [-0.1, -0.05) is 55.5 Å². The average Bonchev–Trinajstić information content (AvgIpc) is 3.03. The minimum Gasteiger partial charge on any atom is -0.461 e. The van der Waals surface area contributed by atoms with Crippen molar-refractivity contribution in [1.82, 2.24) is 10.2 Å². The standard InChI is InChI=1S/C20H23N3O2/c1-2-13-21-20-23(14-16-9-5-3-6-10-16)18(15-25-20)22-19(24)17-11-7-4-8-12-17/h3-12,18H,2,13-15H2,1H3,(H,22,24). The molecule has 1 heterocycles. The Morgan fingerprint density at radius 2 is 1.84 bits per heavy atom. The Labute approximate surface area is 148 Å². The summed E-state index contributed by atoms with van der Waals surface area (Å²) < 4.78 is 5.75. The van der Waals surface area contributed by atoms with Crippen molar-refractivity contribution >= 4 is 11.9 Å². The molecule has 0 bridgehead atoms. The Bertz CT molecular complexity index is 716. The molecule has 130 valence electrons. The summed E-state index contributed by atoms with van der Waals surface area (Å²) in [5.74, 6) is -0.107. The number of hydrogen-bond donors (Lipinski definition) is 1. The maximum absolute atomic E-state index is 12.5. The predicted molar refractivity (Wildman–Crippen MR) is 98.2 cm³/mol. The quantitative estimate of drug-likeness (QED) is 0.881. The molecule has 1 aliphatic rings. The van der Waals surface area contributed by atoms with Crippen LogP contribution < -0.4 is 5.32 Å². The van der Waals surface area contributed by atoms with E-state index in [9.17, 15) is 4.79 Å². The van der Waals surface area contributed by atoms with Crippen molar-refractivity contribution in [2.45, 2.75) is 26.1 Å². The fourth-order valence-corrected chi connectivity index (χ4v) is 2.71. The summed E-state index contributed by atoms with van der Waals surface area (Å²) >= 11 is 0. The number of nitrogens with one attached hydrogen (secondary N) is 1. The minimum absolute atomic E-state index is 0.107. The van der Waals surface area contributed by atoms with Gasteiger partial charge in [0.25, 0.3) is 11.9 Å². The molecule has 2 aromatic rings. The van der Waals surface area contributed by atoms with Crippen molar-refractivity contribution in [2.24, 2.45) is 4.99 Å². The van der Waals surface area contributed by atoms with E-state index in [4.69, 9.17) is 4.74 Å². The number of nitrogens with zero attached hydrogens (tertiary/aromatic N) is 2. The van der Waals surface area contributed by atoms with Crippen molar-refractivity contribution in [3.05, 3.63) is 71.8 Å². The van der Waals surface area contributed by atoms with Gasteiger partial charge in [0.05, 0.1) is 0 Å². The number of carbonyl (C=O) groups is 1. The summed E-state index contributed by atoms with van der Waals surface area (Å²) in [6, 6.07) is 19.9. The van der Waals surface area contributed by atoms with Crippen LogP contribution in [-0.2, 0) is 11.3 Å². The number of carbonyl (C=O) groups excluding carboxylic acids is 1. The first-order valence-corrected chi connectivity index (χ1v) is 8.61. The molecule has 3 rings (SSSR count). The van der Waals surface area contributed by atoms with Crippen molar-refractivity contribution in [2.75, 3.05) is 13.2 Å². The lowest BCUT2D eigenvalue weighted by Crippen LogP contribution is -2.46. The molecular weight excluding hydrogens is 314 g/mol. The van der Waals surface area contributed by atoms with Crippen LogP contribution in [0.15, 0.2) is 65.7 Å². The lowest BCUT2D eigenvalue weighted by Gasteiger charge is -2.24. The van der Waals surface area contributed by atoms with Crippen molar-refractivity contribution < 1.29 is 9.53 Å². The molecule has 1 atom stereocenters. The third-order valence-corrected chi connectivity index (χ3v) is 3.99. The topological polar surface area (TPSA) is 53.9 Å². The van der Waals surface area contributed by atoms with Crippen LogP contribution in [0.3, 0.4) is 0 Å². The Hall–Kier alpha value is -2.82. The van der Waals surface area contributed by atoms with Crippen LogP contribution in [0, 0.1) is 0 Å². The summed E-state index contributed by atoms with van der Waals surface area (Å²) in [5, 5.41) is 3.05. The largest absolute Gasteiger partial charge is 0.461 e. The van der Waals surface area contributed by atoms with Gasteiger partial charge in [-0.15, -0.1) is 0 Å². The highest BCUT2D eigenvalue weighted by Gasteiger charge is 2.32. The molecule has 0 spiro atoms. The van der Waals surface area contributed by atoms with Crippen molar-refractivity contribution in [1.29, 1.82) is 0 Å². The summed E-state index contributed by atoms with van der Waals surface area (Å²) in [6.07, 6.45) is 0.719. The molecule has 0 radical (unpaired) electrons. The minimum atomic E-state index is -0.233.